The molecule has 1 aliphatic heterocycles. The van der Waals surface area contributed by atoms with E-state index in [-0.39, 0.29) is 17.8 Å². The summed E-state index contributed by atoms with van der Waals surface area (Å²) in [5.41, 5.74) is 0. The molecule has 42 valence electrons. The lowest BCUT2D eigenvalue weighted by Gasteiger charge is -2.17. The highest BCUT2D eigenvalue weighted by atomic mass is 31.2. The predicted molar refractivity (Wildman–Crippen MR) is 34.2 cm³/mol. The lowest BCUT2D eigenvalue weighted by atomic mass is 13.7. The fraction of sp³-hybridized carbons (Fsp3) is 0. The average Bonchev–Trinajstić information content (AvgIpc) is 1.69. The van der Waals surface area contributed by atoms with Crippen LogP contribution in [-0.4, -0.2) is 4.66 Å². The standard InChI is InChI=1S/FH5N3P3/c1-4-6-2-5-3-7-4/h2-3,5-7H. The largest absolute Gasteiger partial charge is 0.251 e. The highest BCUT2D eigenvalue weighted by Gasteiger charge is 2.04. The van der Waals surface area contributed by atoms with Gasteiger partial charge in [0.1, 0.15) is 0 Å². The van der Waals surface area contributed by atoms with Crippen molar-refractivity contribution in [3.05, 3.63) is 0 Å². The number of halogens is 1. The molecule has 2 atom stereocenters. The summed E-state index contributed by atoms with van der Waals surface area (Å²) in [6, 6.07) is 0. The molecule has 0 saturated carbocycles. The second-order valence-corrected chi connectivity index (χ2v) is 4.81. The summed E-state index contributed by atoms with van der Waals surface area (Å²) in [5, 5.41) is 0. The molecule has 1 rings (SSSR count). The molecule has 1 aliphatic rings. The van der Waals surface area contributed by atoms with Gasteiger partial charge in [0, 0.05) is 8.88 Å². The van der Waals surface area contributed by atoms with Crippen molar-refractivity contribution in [3.63, 3.8) is 0 Å². The molecule has 0 radical (unpaired) electrons. The number of rotatable bonds is 0. The summed E-state index contributed by atoms with van der Waals surface area (Å²) in [7, 11) is 0.839. The van der Waals surface area contributed by atoms with Crippen molar-refractivity contribution < 1.29 is 4.48 Å². The first-order valence-corrected chi connectivity index (χ1v) is 4.51. The summed E-state index contributed by atoms with van der Waals surface area (Å²) in [4.78, 5) is 5.67. The zero-order valence-electron chi connectivity index (χ0n) is 3.33. The number of hydrogen-bond donors (Lipinski definition) is 2. The third-order valence-electron chi connectivity index (χ3n) is 0.433. The van der Waals surface area contributed by atoms with Gasteiger partial charge in [-0.2, -0.15) is 0 Å². The van der Waals surface area contributed by atoms with E-state index in [2.05, 4.69) is 9.72 Å². The Bertz CT molecular complexity index is 52.1. The topological polar surface area (TPSA) is 27.3 Å². The second-order valence-electron chi connectivity index (χ2n) is 0.879. The van der Waals surface area contributed by atoms with E-state index in [0.29, 0.717) is 8.88 Å². The van der Waals surface area contributed by atoms with Gasteiger partial charge >= 0.3 is 0 Å². The molecule has 0 aromatic rings. The van der Waals surface area contributed by atoms with Crippen molar-refractivity contribution in [1.29, 1.82) is 0 Å². The number of nitrogens with zero attached hydrogens (tertiary/aromatic N) is 1. The van der Waals surface area contributed by atoms with Gasteiger partial charge < -0.3 is 0 Å². The zero-order valence-corrected chi connectivity index (χ0v) is 6.33. The number of hydrogen-bond acceptors (Lipinski definition) is 3. The van der Waals surface area contributed by atoms with Crippen LogP contribution in [0, 0.1) is 0 Å². The minimum Gasteiger partial charge on any atom is -0.251 e. The van der Waals surface area contributed by atoms with Crippen LogP contribution in [0.3, 0.4) is 0 Å². The fourth-order valence-electron chi connectivity index (χ4n) is 0.213. The van der Waals surface area contributed by atoms with E-state index in [1.165, 1.54) is 0 Å². The van der Waals surface area contributed by atoms with Gasteiger partial charge in [-0.05, 0) is 0 Å². The Balaban J connectivity index is 2.12. The van der Waals surface area contributed by atoms with E-state index >= 15 is 0 Å². The van der Waals surface area contributed by atoms with E-state index in [1.807, 2.05) is 0 Å². The Morgan fingerprint density at radius 1 is 1.29 bits per heavy atom. The maximum Gasteiger partial charge on any atom is 0.0650 e. The van der Waals surface area contributed by atoms with Crippen LogP contribution in [0.1, 0.15) is 0 Å². The summed E-state index contributed by atoms with van der Waals surface area (Å²) in [6.45, 7) is 0. The van der Waals surface area contributed by atoms with Gasteiger partial charge in [-0.1, -0.05) is 4.66 Å². The summed E-state index contributed by atoms with van der Waals surface area (Å²) in [6.07, 6.45) is 0. The Kier molecular flexibility index (Phi) is 2.84. The molecule has 0 amide bonds. The Morgan fingerprint density at radius 3 is 2.14 bits per heavy atom. The molecule has 7 heavy (non-hydrogen) atoms. The van der Waals surface area contributed by atoms with Gasteiger partial charge in [0.25, 0.3) is 0 Å². The molecule has 1 saturated heterocycles. The minimum absolute atomic E-state index is 0.154. The maximum absolute atomic E-state index is 11.9. The van der Waals surface area contributed by atoms with Crippen LogP contribution in [-0.2, 0) is 0 Å². The van der Waals surface area contributed by atoms with Gasteiger partial charge in [-0.3, -0.25) is 9.72 Å². The maximum atomic E-state index is 11.9. The fourth-order valence-corrected chi connectivity index (χ4v) is 3.49. The van der Waals surface area contributed by atoms with Gasteiger partial charge in [-0.15, -0.1) is 4.48 Å². The van der Waals surface area contributed by atoms with Gasteiger partial charge in [0.15, 0.2) is 0 Å². The van der Waals surface area contributed by atoms with Crippen LogP contribution in [0.15, 0.2) is 0 Å². The number of nitrogens with one attached hydrogen (secondary N) is 2. The van der Waals surface area contributed by atoms with E-state index < -0.39 is 0 Å². The Morgan fingerprint density at radius 2 is 1.86 bits per heavy atom. The van der Waals surface area contributed by atoms with Crippen LogP contribution in [0.25, 0.3) is 0 Å². The Hall–Kier alpha value is 1.10. The Labute approximate surface area is 46.4 Å². The van der Waals surface area contributed by atoms with Crippen LogP contribution in [0.5, 0.6) is 0 Å². The van der Waals surface area contributed by atoms with Gasteiger partial charge in [0.2, 0.25) is 0 Å². The summed E-state index contributed by atoms with van der Waals surface area (Å²) in [5.74, 6) is 0. The van der Waals surface area contributed by atoms with Crippen LogP contribution in [0.4, 0.5) is 4.48 Å². The van der Waals surface area contributed by atoms with E-state index in [1.54, 1.807) is 0 Å². The van der Waals surface area contributed by atoms with Crippen molar-refractivity contribution in [3.8, 4) is 0 Å². The monoisotopic (exact) mass is 159 g/mol. The zero-order chi connectivity index (χ0) is 5.11. The second kappa shape index (κ2) is 3.19. The normalized spacial score (nSPS) is 35.6. The molecule has 0 aliphatic carbocycles. The molecule has 2 N–H and O–H groups in total. The molecule has 0 aromatic heterocycles. The molecular weight excluding hydrogens is 154 g/mol. The molecule has 1 fully saturated rings. The molecule has 0 bridgehead atoms. The van der Waals surface area contributed by atoms with E-state index in [0.717, 1.165) is 4.66 Å². The highest BCUT2D eigenvalue weighted by Crippen LogP contribution is 2.36. The van der Waals surface area contributed by atoms with Crippen LogP contribution >= 0.6 is 26.6 Å². The average molecular weight is 159 g/mol. The molecule has 2 unspecified atom stereocenters. The lowest BCUT2D eigenvalue weighted by molar-refractivity contribution is 0.288. The quantitative estimate of drug-likeness (QED) is 0.406. The molecule has 0 spiro atoms. The van der Waals surface area contributed by atoms with Gasteiger partial charge in [-0.25, -0.2) is 0 Å². The smallest absolute Gasteiger partial charge is 0.0650 e. The first-order valence-electron chi connectivity index (χ1n) is 1.62. The van der Waals surface area contributed by atoms with E-state index in [9.17, 15) is 4.48 Å². The van der Waals surface area contributed by atoms with Crippen molar-refractivity contribution >= 4 is 26.6 Å². The highest BCUT2D eigenvalue weighted by molar-refractivity contribution is 7.65. The van der Waals surface area contributed by atoms with Crippen molar-refractivity contribution in [2.75, 3.05) is 0 Å². The molecule has 0 aromatic carbocycles. The summed E-state index contributed by atoms with van der Waals surface area (Å²) >= 11 is 0. The third kappa shape index (κ3) is 2.23. The molecule has 1 heterocycles. The van der Waals surface area contributed by atoms with E-state index in [4.69, 9.17) is 0 Å². The van der Waals surface area contributed by atoms with Crippen LogP contribution in [0.2, 0.25) is 0 Å². The minimum atomic E-state index is 0.154. The van der Waals surface area contributed by atoms with Crippen LogP contribution < -0.4 is 9.72 Å². The first-order chi connectivity index (χ1) is 3.39. The van der Waals surface area contributed by atoms with Crippen molar-refractivity contribution in [1.82, 2.24) is 14.4 Å². The molecule has 3 nitrogen and oxygen atoms in total. The SMILES string of the molecule is FN1PNPNP1. The molecule has 7 heteroatoms. The first kappa shape index (κ1) is 6.22. The summed E-state index contributed by atoms with van der Waals surface area (Å²) < 4.78 is 12.7. The third-order valence-corrected chi connectivity index (χ3v) is 3.39. The lowest BCUT2D eigenvalue weighted by Crippen LogP contribution is -2.07. The molecular formula is H5FN3P3. The van der Waals surface area contributed by atoms with Crippen molar-refractivity contribution in [2.24, 2.45) is 0 Å². The van der Waals surface area contributed by atoms with Gasteiger partial charge in [0.05, 0.1) is 17.8 Å². The van der Waals surface area contributed by atoms with Crippen molar-refractivity contribution in [2.45, 2.75) is 0 Å². The predicted octanol–water partition coefficient (Wildman–Crippen LogP) is 0.891.